The molecule has 0 aliphatic heterocycles. The minimum atomic E-state index is -0.0998. The fourth-order valence-corrected chi connectivity index (χ4v) is 3.59. The first-order valence-electron chi connectivity index (χ1n) is 9.29. The standard InChI is InChI=1S/C20H28N4O2/c1-21-20(25)19-17-14-16(22-11-13-26-2)8-9-18(17)24(23-19)12-10-15-6-4-3-5-7-15/h3-7,16,22H,8-14H2,1-2H3,(H,21,25)/t16-/m1/s1. The van der Waals surface area contributed by atoms with Crippen LogP contribution in [0.5, 0.6) is 0 Å². The van der Waals surface area contributed by atoms with Gasteiger partial charge in [-0.3, -0.25) is 9.48 Å². The van der Waals surface area contributed by atoms with Crippen LogP contribution >= 0.6 is 0 Å². The molecule has 2 aromatic rings. The van der Waals surface area contributed by atoms with E-state index >= 15 is 0 Å². The van der Waals surface area contributed by atoms with Crippen molar-refractivity contribution in [2.45, 2.75) is 38.3 Å². The lowest BCUT2D eigenvalue weighted by atomic mass is 9.91. The number of aryl methyl sites for hydroxylation is 2. The minimum absolute atomic E-state index is 0.0998. The number of nitrogens with one attached hydrogen (secondary N) is 2. The van der Waals surface area contributed by atoms with Crippen molar-refractivity contribution < 1.29 is 9.53 Å². The molecule has 0 fully saturated rings. The van der Waals surface area contributed by atoms with Gasteiger partial charge in [0.05, 0.1) is 6.61 Å². The van der Waals surface area contributed by atoms with Gasteiger partial charge >= 0.3 is 0 Å². The molecule has 0 saturated heterocycles. The normalized spacial score (nSPS) is 16.3. The second kappa shape index (κ2) is 8.96. The molecule has 1 aliphatic carbocycles. The number of fused-ring (bicyclic) bond motifs is 1. The van der Waals surface area contributed by atoms with E-state index in [1.54, 1.807) is 14.2 Å². The Balaban J connectivity index is 1.76. The third-order valence-electron chi connectivity index (χ3n) is 4.98. The summed E-state index contributed by atoms with van der Waals surface area (Å²) >= 11 is 0. The number of rotatable bonds is 8. The van der Waals surface area contributed by atoms with Crippen molar-refractivity contribution in [2.75, 3.05) is 27.3 Å². The van der Waals surface area contributed by atoms with Crippen molar-refractivity contribution in [1.29, 1.82) is 0 Å². The lowest BCUT2D eigenvalue weighted by molar-refractivity contribution is 0.0956. The summed E-state index contributed by atoms with van der Waals surface area (Å²) in [6, 6.07) is 10.8. The van der Waals surface area contributed by atoms with E-state index in [0.29, 0.717) is 18.3 Å². The quantitative estimate of drug-likeness (QED) is 0.705. The lowest BCUT2D eigenvalue weighted by Crippen LogP contribution is -2.37. The van der Waals surface area contributed by atoms with Gasteiger partial charge in [0.25, 0.3) is 5.91 Å². The molecule has 0 spiro atoms. The van der Waals surface area contributed by atoms with Gasteiger partial charge in [-0.15, -0.1) is 0 Å². The fraction of sp³-hybridized carbons (Fsp3) is 0.500. The summed E-state index contributed by atoms with van der Waals surface area (Å²) < 4.78 is 7.16. The number of hydrogen-bond acceptors (Lipinski definition) is 4. The maximum absolute atomic E-state index is 12.3. The van der Waals surface area contributed by atoms with E-state index in [2.05, 4.69) is 40.0 Å². The molecule has 1 aromatic carbocycles. The zero-order chi connectivity index (χ0) is 18.4. The van der Waals surface area contributed by atoms with Crippen LogP contribution in [-0.4, -0.2) is 49.0 Å². The largest absolute Gasteiger partial charge is 0.383 e. The molecule has 0 radical (unpaired) electrons. The number of aromatic nitrogens is 2. The number of methoxy groups -OCH3 is 1. The molecule has 2 N–H and O–H groups in total. The van der Waals surface area contributed by atoms with Crippen molar-refractivity contribution in [2.24, 2.45) is 0 Å². The maximum atomic E-state index is 12.3. The van der Waals surface area contributed by atoms with Gasteiger partial charge in [0.15, 0.2) is 5.69 Å². The first-order valence-corrected chi connectivity index (χ1v) is 9.29. The average molecular weight is 356 g/mol. The summed E-state index contributed by atoms with van der Waals surface area (Å²) in [5, 5.41) is 10.9. The molecule has 0 bridgehead atoms. The van der Waals surface area contributed by atoms with Gasteiger partial charge in [0.1, 0.15) is 0 Å². The van der Waals surface area contributed by atoms with Crippen LogP contribution in [0.2, 0.25) is 0 Å². The van der Waals surface area contributed by atoms with Crippen LogP contribution in [0.3, 0.4) is 0 Å². The summed E-state index contributed by atoms with van der Waals surface area (Å²) in [6.07, 6.45) is 3.75. The molecule has 1 atom stereocenters. The summed E-state index contributed by atoms with van der Waals surface area (Å²) in [5.41, 5.74) is 4.17. The van der Waals surface area contributed by atoms with Crippen LogP contribution in [0, 0.1) is 0 Å². The monoisotopic (exact) mass is 356 g/mol. The molecule has 1 amide bonds. The van der Waals surface area contributed by atoms with Crippen molar-refractivity contribution >= 4 is 5.91 Å². The van der Waals surface area contributed by atoms with Crippen molar-refractivity contribution in [3.8, 4) is 0 Å². The molecule has 1 aliphatic rings. The molecule has 0 unspecified atom stereocenters. The number of ether oxygens (including phenoxy) is 1. The third-order valence-corrected chi connectivity index (χ3v) is 4.98. The van der Waals surface area contributed by atoms with Crippen LogP contribution in [-0.2, 0) is 30.5 Å². The number of nitrogens with zero attached hydrogens (tertiary/aromatic N) is 2. The van der Waals surface area contributed by atoms with Gasteiger partial charge in [-0.2, -0.15) is 5.10 Å². The SMILES string of the molecule is CNC(=O)c1nn(CCc2ccccc2)c2c1C[C@H](NCCOC)CC2. The molecule has 1 aromatic heterocycles. The summed E-state index contributed by atoms with van der Waals surface area (Å²) in [7, 11) is 3.37. The third kappa shape index (κ3) is 4.31. The number of hydrogen-bond donors (Lipinski definition) is 2. The highest BCUT2D eigenvalue weighted by molar-refractivity contribution is 5.93. The van der Waals surface area contributed by atoms with E-state index in [0.717, 1.165) is 44.3 Å². The van der Waals surface area contributed by atoms with Crippen LogP contribution in [0.4, 0.5) is 0 Å². The molecule has 6 nitrogen and oxygen atoms in total. The Hall–Kier alpha value is -2.18. The molecular formula is C20H28N4O2. The van der Waals surface area contributed by atoms with Crippen molar-refractivity contribution in [3.05, 3.63) is 52.8 Å². The zero-order valence-electron chi connectivity index (χ0n) is 15.6. The van der Waals surface area contributed by atoms with Gasteiger partial charge in [0, 0.05) is 44.5 Å². The number of carbonyl (C=O) groups is 1. The Morgan fingerprint density at radius 1 is 1.35 bits per heavy atom. The highest BCUT2D eigenvalue weighted by Gasteiger charge is 2.28. The minimum Gasteiger partial charge on any atom is -0.383 e. The molecule has 3 rings (SSSR count). The number of amides is 1. The average Bonchev–Trinajstić information content (AvgIpc) is 3.05. The molecule has 1 heterocycles. The second-order valence-electron chi connectivity index (χ2n) is 6.70. The van der Waals surface area contributed by atoms with Gasteiger partial charge in [-0.05, 0) is 31.2 Å². The number of carbonyl (C=O) groups excluding carboxylic acids is 1. The van der Waals surface area contributed by atoms with Crippen LogP contribution in [0.25, 0.3) is 0 Å². The lowest BCUT2D eigenvalue weighted by Gasteiger charge is -2.24. The molecule has 26 heavy (non-hydrogen) atoms. The molecule has 0 saturated carbocycles. The first-order chi connectivity index (χ1) is 12.7. The second-order valence-corrected chi connectivity index (χ2v) is 6.70. The fourth-order valence-electron chi connectivity index (χ4n) is 3.59. The summed E-state index contributed by atoms with van der Waals surface area (Å²) in [4.78, 5) is 12.3. The zero-order valence-corrected chi connectivity index (χ0v) is 15.6. The van der Waals surface area contributed by atoms with E-state index in [9.17, 15) is 4.79 Å². The maximum Gasteiger partial charge on any atom is 0.271 e. The van der Waals surface area contributed by atoms with E-state index in [1.165, 1.54) is 11.3 Å². The Morgan fingerprint density at radius 3 is 2.88 bits per heavy atom. The van der Waals surface area contributed by atoms with E-state index in [1.807, 2.05) is 10.7 Å². The molecule has 6 heteroatoms. The molecule has 140 valence electrons. The van der Waals surface area contributed by atoms with Gasteiger partial charge in [0.2, 0.25) is 0 Å². The Kier molecular flexibility index (Phi) is 6.41. The first kappa shape index (κ1) is 18.6. The topological polar surface area (TPSA) is 68.2 Å². The van der Waals surface area contributed by atoms with E-state index in [-0.39, 0.29) is 5.91 Å². The van der Waals surface area contributed by atoms with Crippen molar-refractivity contribution in [1.82, 2.24) is 20.4 Å². The van der Waals surface area contributed by atoms with Crippen LogP contribution in [0.1, 0.15) is 33.7 Å². The van der Waals surface area contributed by atoms with Gasteiger partial charge < -0.3 is 15.4 Å². The molecular weight excluding hydrogens is 328 g/mol. The van der Waals surface area contributed by atoms with Gasteiger partial charge in [-0.25, -0.2) is 0 Å². The highest BCUT2D eigenvalue weighted by Crippen LogP contribution is 2.25. The number of benzene rings is 1. The van der Waals surface area contributed by atoms with Crippen LogP contribution in [0.15, 0.2) is 30.3 Å². The van der Waals surface area contributed by atoms with E-state index < -0.39 is 0 Å². The van der Waals surface area contributed by atoms with E-state index in [4.69, 9.17) is 4.74 Å². The van der Waals surface area contributed by atoms with Crippen LogP contribution < -0.4 is 10.6 Å². The predicted octanol–water partition coefficient (Wildman–Crippen LogP) is 1.58. The summed E-state index contributed by atoms with van der Waals surface area (Å²) in [6.45, 7) is 2.32. The smallest absolute Gasteiger partial charge is 0.271 e. The van der Waals surface area contributed by atoms with Gasteiger partial charge in [-0.1, -0.05) is 30.3 Å². The Labute approximate surface area is 154 Å². The Bertz CT molecular complexity index is 727. The highest BCUT2D eigenvalue weighted by atomic mass is 16.5. The summed E-state index contributed by atoms with van der Waals surface area (Å²) in [5.74, 6) is -0.0998. The van der Waals surface area contributed by atoms with Crippen molar-refractivity contribution in [3.63, 3.8) is 0 Å². The Morgan fingerprint density at radius 2 is 2.15 bits per heavy atom. The predicted molar refractivity (Wildman–Crippen MR) is 101 cm³/mol.